The number of benzene rings is 1. The van der Waals surface area contributed by atoms with E-state index in [2.05, 4.69) is 20.7 Å². The number of rotatable bonds is 4. The standard InChI is InChI=1S/C12H13BrF2O3/c1-3-18-11(16)10(15)12(2,17)8-6-7(13)4-5-9(8)14/h4-6,10,17H,3H2,1-2H3. The number of halogens is 3. The zero-order valence-electron chi connectivity index (χ0n) is 9.91. The van der Waals surface area contributed by atoms with Crippen molar-refractivity contribution in [2.24, 2.45) is 0 Å². The van der Waals surface area contributed by atoms with Gasteiger partial charge in [-0.3, -0.25) is 0 Å². The van der Waals surface area contributed by atoms with E-state index in [4.69, 9.17) is 0 Å². The Morgan fingerprint density at radius 2 is 2.22 bits per heavy atom. The first-order valence-corrected chi connectivity index (χ1v) is 6.08. The van der Waals surface area contributed by atoms with Crippen LogP contribution in [0.25, 0.3) is 0 Å². The molecule has 0 saturated carbocycles. The topological polar surface area (TPSA) is 46.5 Å². The van der Waals surface area contributed by atoms with Gasteiger partial charge in [0.1, 0.15) is 11.4 Å². The molecule has 2 atom stereocenters. The molecule has 0 fully saturated rings. The highest BCUT2D eigenvalue weighted by Crippen LogP contribution is 2.31. The fourth-order valence-corrected chi connectivity index (χ4v) is 1.83. The fraction of sp³-hybridized carbons (Fsp3) is 0.417. The summed E-state index contributed by atoms with van der Waals surface area (Å²) in [6.45, 7) is 2.52. The number of carbonyl (C=O) groups is 1. The average molecular weight is 323 g/mol. The van der Waals surface area contributed by atoms with Crippen molar-refractivity contribution in [2.45, 2.75) is 25.6 Å². The predicted molar refractivity (Wildman–Crippen MR) is 65.2 cm³/mol. The quantitative estimate of drug-likeness (QED) is 0.867. The molecule has 3 nitrogen and oxygen atoms in total. The van der Waals surface area contributed by atoms with Gasteiger partial charge in [-0.15, -0.1) is 0 Å². The molecule has 0 aliphatic heterocycles. The second-order valence-electron chi connectivity index (χ2n) is 3.89. The van der Waals surface area contributed by atoms with Gasteiger partial charge in [-0.05, 0) is 32.0 Å². The minimum Gasteiger partial charge on any atom is -0.464 e. The summed E-state index contributed by atoms with van der Waals surface area (Å²) in [5, 5.41) is 10.0. The van der Waals surface area contributed by atoms with Gasteiger partial charge in [-0.25, -0.2) is 13.6 Å². The third-order valence-corrected chi connectivity index (χ3v) is 2.95. The number of carbonyl (C=O) groups excluding carboxylic acids is 1. The molecule has 18 heavy (non-hydrogen) atoms. The Labute approximate surface area is 112 Å². The van der Waals surface area contributed by atoms with Gasteiger partial charge in [0.05, 0.1) is 6.61 Å². The number of ether oxygens (including phenoxy) is 1. The van der Waals surface area contributed by atoms with Crippen LogP contribution in [0.2, 0.25) is 0 Å². The largest absolute Gasteiger partial charge is 0.464 e. The summed E-state index contributed by atoms with van der Waals surface area (Å²) in [7, 11) is 0. The van der Waals surface area contributed by atoms with E-state index in [1.54, 1.807) is 0 Å². The summed E-state index contributed by atoms with van der Waals surface area (Å²) in [5.74, 6) is -2.02. The molecule has 0 aromatic heterocycles. The molecule has 0 amide bonds. The molecule has 0 spiro atoms. The molecular formula is C12H13BrF2O3. The van der Waals surface area contributed by atoms with Crippen LogP contribution in [0.5, 0.6) is 0 Å². The summed E-state index contributed by atoms with van der Waals surface area (Å²) in [6.07, 6.45) is -2.36. The maximum atomic E-state index is 13.9. The lowest BCUT2D eigenvalue weighted by molar-refractivity contribution is -0.160. The lowest BCUT2D eigenvalue weighted by Crippen LogP contribution is -2.40. The number of hydrogen-bond acceptors (Lipinski definition) is 3. The maximum absolute atomic E-state index is 13.9. The molecule has 2 unspecified atom stereocenters. The van der Waals surface area contributed by atoms with Crippen LogP contribution in [-0.2, 0) is 15.1 Å². The minimum absolute atomic E-state index is 0.0176. The molecule has 0 radical (unpaired) electrons. The molecule has 0 bridgehead atoms. The average Bonchev–Trinajstić information content (AvgIpc) is 2.31. The van der Waals surface area contributed by atoms with Gasteiger partial charge < -0.3 is 9.84 Å². The Balaban J connectivity index is 3.11. The molecule has 100 valence electrons. The van der Waals surface area contributed by atoms with Crippen molar-refractivity contribution < 1.29 is 23.4 Å². The van der Waals surface area contributed by atoms with Crippen molar-refractivity contribution in [1.29, 1.82) is 0 Å². The highest BCUT2D eigenvalue weighted by Gasteiger charge is 2.42. The van der Waals surface area contributed by atoms with Crippen molar-refractivity contribution in [2.75, 3.05) is 6.61 Å². The number of alkyl halides is 1. The second kappa shape index (κ2) is 5.75. The third-order valence-electron chi connectivity index (χ3n) is 2.46. The van der Waals surface area contributed by atoms with Crippen LogP contribution in [-0.4, -0.2) is 23.9 Å². The van der Waals surface area contributed by atoms with Gasteiger partial charge in [0, 0.05) is 10.0 Å². The van der Waals surface area contributed by atoms with E-state index in [0.717, 1.165) is 13.0 Å². The van der Waals surface area contributed by atoms with E-state index in [-0.39, 0.29) is 12.2 Å². The van der Waals surface area contributed by atoms with Gasteiger partial charge in [0.2, 0.25) is 6.17 Å². The number of esters is 1. The summed E-state index contributed by atoms with van der Waals surface area (Å²) in [5.41, 5.74) is -2.60. The van der Waals surface area contributed by atoms with Crippen LogP contribution in [0.1, 0.15) is 19.4 Å². The second-order valence-corrected chi connectivity index (χ2v) is 4.80. The first-order chi connectivity index (χ1) is 8.30. The van der Waals surface area contributed by atoms with Crippen LogP contribution in [0, 0.1) is 5.82 Å². The van der Waals surface area contributed by atoms with Crippen LogP contribution < -0.4 is 0 Å². The Morgan fingerprint density at radius 1 is 1.61 bits per heavy atom. The van der Waals surface area contributed by atoms with E-state index in [0.29, 0.717) is 4.47 Å². The van der Waals surface area contributed by atoms with Crippen molar-refractivity contribution in [1.82, 2.24) is 0 Å². The monoisotopic (exact) mass is 322 g/mol. The molecule has 0 aliphatic carbocycles. The van der Waals surface area contributed by atoms with Gasteiger partial charge in [0.15, 0.2) is 0 Å². The Morgan fingerprint density at radius 3 is 2.78 bits per heavy atom. The zero-order valence-corrected chi connectivity index (χ0v) is 11.5. The predicted octanol–water partition coefficient (Wildman–Crippen LogP) is 2.70. The van der Waals surface area contributed by atoms with E-state index in [1.165, 1.54) is 19.1 Å². The lowest BCUT2D eigenvalue weighted by Gasteiger charge is -2.26. The Kier molecular flexibility index (Phi) is 4.81. The molecule has 0 heterocycles. The van der Waals surface area contributed by atoms with Crippen LogP contribution in [0.4, 0.5) is 8.78 Å². The highest BCUT2D eigenvalue weighted by molar-refractivity contribution is 9.10. The summed E-state index contributed by atoms with van der Waals surface area (Å²) in [6, 6.07) is 3.71. The zero-order chi connectivity index (χ0) is 13.9. The van der Waals surface area contributed by atoms with Crippen molar-refractivity contribution in [3.05, 3.63) is 34.1 Å². The first-order valence-electron chi connectivity index (χ1n) is 5.29. The molecule has 1 rings (SSSR count). The highest BCUT2D eigenvalue weighted by atomic mass is 79.9. The van der Waals surface area contributed by atoms with Gasteiger partial charge in [-0.2, -0.15) is 0 Å². The summed E-state index contributed by atoms with van der Waals surface area (Å²) in [4.78, 5) is 11.3. The number of aliphatic hydroxyl groups is 1. The van der Waals surface area contributed by atoms with Gasteiger partial charge >= 0.3 is 5.97 Å². The lowest BCUT2D eigenvalue weighted by atomic mass is 9.90. The molecule has 0 aliphatic rings. The first kappa shape index (κ1) is 15.0. The van der Waals surface area contributed by atoms with E-state index in [1.807, 2.05) is 0 Å². The fourth-order valence-electron chi connectivity index (χ4n) is 1.47. The summed E-state index contributed by atoms with van der Waals surface area (Å²) < 4.78 is 32.4. The minimum atomic E-state index is -2.36. The van der Waals surface area contributed by atoms with Gasteiger partial charge in [-0.1, -0.05) is 15.9 Å². The van der Waals surface area contributed by atoms with Crippen molar-refractivity contribution >= 4 is 21.9 Å². The molecule has 6 heteroatoms. The smallest absolute Gasteiger partial charge is 0.344 e. The van der Waals surface area contributed by atoms with Crippen LogP contribution in [0.3, 0.4) is 0 Å². The number of hydrogen-bond donors (Lipinski definition) is 1. The van der Waals surface area contributed by atoms with E-state index in [9.17, 15) is 18.7 Å². The molecular weight excluding hydrogens is 310 g/mol. The van der Waals surface area contributed by atoms with Crippen molar-refractivity contribution in [3.63, 3.8) is 0 Å². The molecule has 0 saturated heterocycles. The SMILES string of the molecule is CCOC(=O)C(F)C(C)(O)c1cc(Br)ccc1F. The van der Waals surface area contributed by atoms with Gasteiger partial charge in [0.25, 0.3) is 0 Å². The van der Waals surface area contributed by atoms with Crippen molar-refractivity contribution in [3.8, 4) is 0 Å². The Bertz CT molecular complexity index is 449. The third kappa shape index (κ3) is 3.05. The Hall–Kier alpha value is -1.01. The summed E-state index contributed by atoms with van der Waals surface area (Å²) >= 11 is 3.09. The van der Waals surface area contributed by atoms with Crippen LogP contribution >= 0.6 is 15.9 Å². The van der Waals surface area contributed by atoms with E-state index >= 15 is 0 Å². The normalized spacial score (nSPS) is 15.9. The van der Waals surface area contributed by atoms with E-state index < -0.39 is 23.6 Å². The molecule has 1 N–H and O–H groups in total. The maximum Gasteiger partial charge on any atom is 0.344 e. The van der Waals surface area contributed by atoms with Crippen LogP contribution in [0.15, 0.2) is 22.7 Å². The molecule has 1 aromatic carbocycles. The molecule has 1 aromatic rings.